The molecule has 0 aliphatic heterocycles. The van der Waals surface area contributed by atoms with Crippen molar-refractivity contribution in [2.24, 2.45) is 4.99 Å². The van der Waals surface area contributed by atoms with Crippen LogP contribution in [0.5, 0.6) is 0 Å². The molecule has 190 valence electrons. The van der Waals surface area contributed by atoms with Crippen LogP contribution in [0.25, 0.3) is 38.5 Å². The van der Waals surface area contributed by atoms with E-state index in [4.69, 9.17) is 19.4 Å². The summed E-state index contributed by atoms with van der Waals surface area (Å²) in [5, 5.41) is 1.01. The fourth-order valence-electron chi connectivity index (χ4n) is 4.35. The van der Waals surface area contributed by atoms with Crippen molar-refractivity contribution in [1.29, 1.82) is 0 Å². The minimum absolute atomic E-state index is 0.0472. The van der Waals surface area contributed by atoms with Crippen molar-refractivity contribution in [3.63, 3.8) is 0 Å². The Hall–Kier alpha value is -4.95. The molecule has 0 radical (unpaired) electrons. The highest BCUT2D eigenvalue weighted by atomic mass is 32.1. The van der Waals surface area contributed by atoms with E-state index in [0.717, 1.165) is 5.56 Å². The van der Waals surface area contributed by atoms with Gasteiger partial charge < -0.3 is 4.42 Å². The fourth-order valence-corrected chi connectivity index (χ4v) is 5.34. The lowest BCUT2D eigenvalue weighted by atomic mass is 10.1. The Morgan fingerprint density at radius 1 is 0.872 bits per heavy atom. The molecule has 0 aliphatic rings. The highest BCUT2D eigenvalue weighted by Gasteiger charge is 2.22. The zero-order valence-electron chi connectivity index (χ0n) is 21.2. The third-order valence-electron chi connectivity index (χ3n) is 6.32. The molecule has 0 saturated carbocycles. The van der Waals surface area contributed by atoms with Crippen molar-refractivity contribution in [2.75, 3.05) is 0 Å². The van der Waals surface area contributed by atoms with Gasteiger partial charge in [-0.1, -0.05) is 53.8 Å². The van der Waals surface area contributed by atoms with Crippen LogP contribution < -0.4 is 5.56 Å². The summed E-state index contributed by atoms with van der Waals surface area (Å²) >= 11 is 1.35. The summed E-state index contributed by atoms with van der Waals surface area (Å²) in [6, 6.07) is 27.7. The topological polar surface area (TPSA) is 90.3 Å². The van der Waals surface area contributed by atoms with Gasteiger partial charge in [0.25, 0.3) is 5.56 Å². The summed E-state index contributed by atoms with van der Waals surface area (Å²) in [6.07, 6.45) is 1.60. The third kappa shape index (κ3) is 4.62. The number of ketones is 1. The van der Waals surface area contributed by atoms with Crippen LogP contribution in [0.3, 0.4) is 0 Å². The first-order chi connectivity index (χ1) is 19.0. The van der Waals surface area contributed by atoms with E-state index in [1.165, 1.54) is 18.3 Å². The SMILES string of the molecule is CC(=O)c1ccc(-n2c(-c3sc(N=C(C)c4ccco4)nc3-c3ccccc3)nc3ccccc3c2=O)cc1. The largest absolute Gasteiger partial charge is 0.463 e. The number of hydrogen-bond acceptors (Lipinski definition) is 7. The summed E-state index contributed by atoms with van der Waals surface area (Å²) in [7, 11) is 0. The maximum Gasteiger partial charge on any atom is 0.266 e. The molecule has 0 atom stereocenters. The number of fused-ring (bicyclic) bond motifs is 1. The van der Waals surface area contributed by atoms with E-state index in [1.54, 1.807) is 41.2 Å². The highest BCUT2D eigenvalue weighted by Crippen LogP contribution is 2.40. The minimum atomic E-state index is -0.213. The van der Waals surface area contributed by atoms with Gasteiger partial charge in [-0.05, 0) is 62.4 Å². The van der Waals surface area contributed by atoms with Crippen LogP contribution >= 0.6 is 11.3 Å². The zero-order chi connectivity index (χ0) is 26.9. The molecule has 8 heteroatoms. The lowest BCUT2D eigenvalue weighted by Crippen LogP contribution is -2.22. The number of aliphatic imine (C=N–C) groups is 1. The van der Waals surface area contributed by atoms with Gasteiger partial charge in [0, 0.05) is 11.1 Å². The molecule has 0 bridgehead atoms. The molecule has 6 aromatic rings. The van der Waals surface area contributed by atoms with Gasteiger partial charge in [-0.2, -0.15) is 0 Å². The summed E-state index contributed by atoms with van der Waals surface area (Å²) < 4.78 is 7.09. The van der Waals surface area contributed by atoms with Gasteiger partial charge in [0.05, 0.1) is 34.3 Å². The van der Waals surface area contributed by atoms with Crippen LogP contribution in [0.4, 0.5) is 5.13 Å². The third-order valence-corrected chi connectivity index (χ3v) is 7.26. The number of benzene rings is 3. The van der Waals surface area contributed by atoms with Gasteiger partial charge in [-0.3, -0.25) is 14.2 Å². The first-order valence-corrected chi connectivity index (χ1v) is 13.1. The van der Waals surface area contributed by atoms with E-state index in [2.05, 4.69) is 0 Å². The molecular formula is C31H22N4O3S. The molecule has 3 heterocycles. The summed E-state index contributed by atoms with van der Waals surface area (Å²) in [5.41, 5.74) is 3.76. The summed E-state index contributed by atoms with van der Waals surface area (Å²) in [5.74, 6) is 1.05. The number of Topliss-reactive ketones (excluding diaryl/α,β-unsaturated/α-hetero) is 1. The lowest BCUT2D eigenvalue weighted by Gasteiger charge is -2.14. The van der Waals surface area contributed by atoms with E-state index >= 15 is 0 Å². The number of thiazole rings is 1. The van der Waals surface area contributed by atoms with Crippen molar-refractivity contribution in [3.8, 4) is 27.6 Å². The first kappa shape index (κ1) is 24.4. The lowest BCUT2D eigenvalue weighted by molar-refractivity contribution is 0.101. The van der Waals surface area contributed by atoms with Crippen LogP contribution in [0.15, 0.2) is 111 Å². The second-order valence-electron chi connectivity index (χ2n) is 8.91. The zero-order valence-corrected chi connectivity index (χ0v) is 22.0. The standard InChI is InChI=1S/C31H22N4O3S/c1-19(26-13-8-18-38-26)32-31-34-27(22-9-4-3-5-10-22)28(39-31)29-33-25-12-7-6-11-24(25)30(37)35(29)23-16-14-21(15-17-23)20(2)36/h3-18H,1-2H3. The number of hydrogen-bond donors (Lipinski definition) is 0. The van der Waals surface area contributed by atoms with E-state index in [9.17, 15) is 9.59 Å². The molecule has 3 aromatic heterocycles. The number of carbonyl (C=O) groups is 1. The predicted octanol–water partition coefficient (Wildman–Crippen LogP) is 7.11. The Labute approximate surface area is 227 Å². The van der Waals surface area contributed by atoms with Crippen molar-refractivity contribution in [3.05, 3.63) is 119 Å². The first-order valence-electron chi connectivity index (χ1n) is 12.3. The van der Waals surface area contributed by atoms with E-state index in [0.29, 0.717) is 55.2 Å². The second kappa shape index (κ2) is 10.1. The Morgan fingerprint density at radius 3 is 2.33 bits per heavy atom. The maximum absolute atomic E-state index is 13.9. The Balaban J connectivity index is 1.63. The fraction of sp³-hybridized carbons (Fsp3) is 0.0645. The van der Waals surface area contributed by atoms with E-state index in [-0.39, 0.29) is 11.3 Å². The number of para-hydroxylation sites is 1. The summed E-state index contributed by atoms with van der Waals surface area (Å²) in [6.45, 7) is 3.38. The molecule has 6 rings (SSSR count). The molecule has 3 aromatic carbocycles. The van der Waals surface area contributed by atoms with Gasteiger partial charge in [0.2, 0.25) is 5.13 Å². The van der Waals surface area contributed by atoms with Gasteiger partial charge >= 0.3 is 0 Å². The smallest absolute Gasteiger partial charge is 0.266 e. The minimum Gasteiger partial charge on any atom is -0.463 e. The quantitative estimate of drug-likeness (QED) is 0.169. The molecule has 0 aliphatic carbocycles. The molecule has 0 spiro atoms. The molecule has 0 amide bonds. The average molecular weight is 531 g/mol. The average Bonchev–Trinajstić information content (AvgIpc) is 3.65. The summed E-state index contributed by atoms with van der Waals surface area (Å²) in [4.78, 5) is 41.1. The van der Waals surface area contributed by atoms with Crippen molar-refractivity contribution in [1.82, 2.24) is 14.5 Å². The second-order valence-corrected chi connectivity index (χ2v) is 9.89. The van der Waals surface area contributed by atoms with Crippen LogP contribution in [-0.2, 0) is 0 Å². The number of nitrogens with zero attached hydrogens (tertiary/aromatic N) is 4. The van der Waals surface area contributed by atoms with E-state index in [1.807, 2.05) is 67.6 Å². The predicted molar refractivity (Wildman–Crippen MR) is 154 cm³/mol. The van der Waals surface area contributed by atoms with Crippen LogP contribution in [0.2, 0.25) is 0 Å². The number of aromatic nitrogens is 3. The molecule has 7 nitrogen and oxygen atoms in total. The Kier molecular flexibility index (Phi) is 6.30. The monoisotopic (exact) mass is 530 g/mol. The van der Waals surface area contributed by atoms with Crippen LogP contribution in [-0.4, -0.2) is 26.0 Å². The normalized spacial score (nSPS) is 11.7. The van der Waals surface area contributed by atoms with Crippen molar-refractivity contribution >= 4 is 38.9 Å². The number of carbonyl (C=O) groups excluding carboxylic acids is 1. The van der Waals surface area contributed by atoms with Crippen LogP contribution in [0.1, 0.15) is 30.0 Å². The molecule has 0 unspecified atom stereocenters. The highest BCUT2D eigenvalue weighted by molar-refractivity contribution is 7.19. The van der Waals surface area contributed by atoms with Gasteiger partial charge in [-0.25, -0.2) is 15.0 Å². The molecule has 0 N–H and O–H groups in total. The maximum atomic E-state index is 13.9. The number of rotatable bonds is 6. The van der Waals surface area contributed by atoms with Crippen molar-refractivity contribution < 1.29 is 9.21 Å². The Morgan fingerprint density at radius 2 is 1.62 bits per heavy atom. The molecular weight excluding hydrogens is 508 g/mol. The molecule has 0 saturated heterocycles. The number of furan rings is 1. The van der Waals surface area contributed by atoms with E-state index < -0.39 is 0 Å². The Bertz CT molecular complexity index is 1900. The van der Waals surface area contributed by atoms with Crippen LogP contribution in [0, 0.1) is 0 Å². The van der Waals surface area contributed by atoms with Gasteiger partial charge in [0.1, 0.15) is 10.6 Å². The molecule has 39 heavy (non-hydrogen) atoms. The molecule has 0 fully saturated rings. The van der Waals surface area contributed by atoms with Gasteiger partial charge in [-0.15, -0.1) is 0 Å². The van der Waals surface area contributed by atoms with Gasteiger partial charge in [0.15, 0.2) is 11.6 Å². The van der Waals surface area contributed by atoms with Crippen molar-refractivity contribution in [2.45, 2.75) is 13.8 Å².